The van der Waals surface area contributed by atoms with Crippen molar-refractivity contribution in [1.82, 2.24) is 10.2 Å². The lowest BCUT2D eigenvalue weighted by Crippen LogP contribution is -2.65. The van der Waals surface area contributed by atoms with Crippen LogP contribution in [0.2, 0.25) is 0 Å². The average Bonchev–Trinajstić information content (AvgIpc) is 3.05. The number of carbonyl (C=O) groups is 3. The Balaban J connectivity index is 3.75. The first-order valence-electron chi connectivity index (χ1n) is 12.2. The molecule has 196 valence electrons. The van der Waals surface area contributed by atoms with Gasteiger partial charge in [-0.2, -0.15) is 0 Å². The minimum atomic E-state index is -0.861. The molecule has 0 aromatic carbocycles. The van der Waals surface area contributed by atoms with Crippen molar-refractivity contribution >= 4 is 18.0 Å². The first-order chi connectivity index (χ1) is 15.6. The molecule has 0 bridgehead atoms. The summed E-state index contributed by atoms with van der Waals surface area (Å²) in [6.07, 6.45) is 4.82. The van der Waals surface area contributed by atoms with Crippen LogP contribution in [0.25, 0.3) is 0 Å². The molecule has 1 N–H and O–H groups in total. The molecule has 0 aliphatic carbocycles. The Morgan fingerprint density at radius 1 is 1.03 bits per heavy atom. The standard InChI is InChI=1S/C26H46N2O6/c1-12-15-18-16-19(22(30)33-24(5,6)7)28(23(31)34-25(8,9)10)20(18)21(27-17(4)29)26(13-2,14-3)32-11/h12,15,18-21H,13-14,16H2,1-11H3,(H,27,29)/b15-12-/t18-,19-,20-,21?/m1/s1. The largest absolute Gasteiger partial charge is 0.458 e. The van der Waals surface area contributed by atoms with Crippen LogP contribution in [0.1, 0.15) is 88.5 Å². The molecule has 1 unspecified atom stereocenters. The highest BCUT2D eigenvalue weighted by Crippen LogP contribution is 2.40. The normalized spacial score (nSPS) is 22.6. The second-order valence-corrected chi connectivity index (χ2v) is 11.0. The van der Waals surface area contributed by atoms with Crippen LogP contribution >= 0.6 is 0 Å². The Morgan fingerprint density at radius 2 is 1.56 bits per heavy atom. The van der Waals surface area contributed by atoms with E-state index < -0.39 is 47.0 Å². The predicted octanol–water partition coefficient (Wildman–Crippen LogP) is 4.61. The van der Waals surface area contributed by atoms with Crippen molar-refractivity contribution < 1.29 is 28.6 Å². The zero-order valence-corrected chi connectivity index (χ0v) is 23.0. The lowest BCUT2D eigenvalue weighted by molar-refractivity contribution is -0.161. The topological polar surface area (TPSA) is 94.2 Å². The van der Waals surface area contributed by atoms with E-state index in [1.54, 1.807) is 48.7 Å². The third kappa shape index (κ3) is 7.45. The highest BCUT2D eigenvalue weighted by Gasteiger charge is 2.56. The summed E-state index contributed by atoms with van der Waals surface area (Å²) in [5, 5.41) is 3.06. The van der Waals surface area contributed by atoms with E-state index >= 15 is 0 Å². The fourth-order valence-corrected chi connectivity index (χ4v) is 4.77. The van der Waals surface area contributed by atoms with E-state index in [0.29, 0.717) is 19.3 Å². The van der Waals surface area contributed by atoms with Crippen molar-refractivity contribution in [3.63, 3.8) is 0 Å². The van der Waals surface area contributed by atoms with Crippen LogP contribution in [-0.2, 0) is 23.8 Å². The van der Waals surface area contributed by atoms with E-state index in [-0.39, 0.29) is 11.8 Å². The number of allylic oxidation sites excluding steroid dienone is 1. The Kier molecular flexibility index (Phi) is 10.2. The number of likely N-dealkylation sites (tertiary alicyclic amines) is 1. The molecule has 34 heavy (non-hydrogen) atoms. The first-order valence-corrected chi connectivity index (χ1v) is 12.2. The maximum absolute atomic E-state index is 13.6. The molecule has 0 spiro atoms. The second kappa shape index (κ2) is 11.6. The molecule has 0 radical (unpaired) electrons. The maximum Gasteiger partial charge on any atom is 0.411 e. The molecule has 2 amide bonds. The van der Waals surface area contributed by atoms with Gasteiger partial charge in [-0.25, -0.2) is 9.59 Å². The molecular formula is C26H46N2O6. The van der Waals surface area contributed by atoms with Gasteiger partial charge in [0.05, 0.1) is 17.7 Å². The summed E-state index contributed by atoms with van der Waals surface area (Å²) in [5.41, 5.74) is -2.24. The zero-order chi connectivity index (χ0) is 26.5. The number of nitrogens with zero attached hydrogens (tertiary/aromatic N) is 1. The van der Waals surface area contributed by atoms with Gasteiger partial charge >= 0.3 is 12.1 Å². The molecule has 4 atom stereocenters. The van der Waals surface area contributed by atoms with Crippen molar-refractivity contribution in [1.29, 1.82) is 0 Å². The number of esters is 1. The SMILES string of the molecule is C/C=C\[C@@H]1C[C@H](C(=O)OC(C)(C)C)N(C(=O)OC(C)(C)C)[C@H]1C(NC(C)=O)C(CC)(CC)OC. The number of methoxy groups -OCH3 is 1. The number of carbonyl (C=O) groups excluding carboxylic acids is 3. The van der Waals surface area contributed by atoms with Crippen LogP contribution in [-0.4, -0.2) is 64.9 Å². The van der Waals surface area contributed by atoms with Gasteiger partial charge in [0.1, 0.15) is 17.2 Å². The second-order valence-electron chi connectivity index (χ2n) is 11.0. The van der Waals surface area contributed by atoms with Crippen LogP contribution < -0.4 is 5.32 Å². The number of nitrogens with one attached hydrogen (secondary N) is 1. The van der Waals surface area contributed by atoms with Crippen molar-refractivity contribution in [2.24, 2.45) is 5.92 Å². The van der Waals surface area contributed by atoms with E-state index in [2.05, 4.69) is 5.32 Å². The molecule has 0 saturated carbocycles. The van der Waals surface area contributed by atoms with Crippen molar-refractivity contribution in [3.05, 3.63) is 12.2 Å². The van der Waals surface area contributed by atoms with Gasteiger partial charge in [0.15, 0.2) is 0 Å². The van der Waals surface area contributed by atoms with Crippen LogP contribution in [0.15, 0.2) is 12.2 Å². The van der Waals surface area contributed by atoms with Crippen molar-refractivity contribution in [2.75, 3.05) is 7.11 Å². The summed E-state index contributed by atoms with van der Waals surface area (Å²) >= 11 is 0. The third-order valence-electron chi connectivity index (χ3n) is 6.18. The summed E-state index contributed by atoms with van der Waals surface area (Å²) < 4.78 is 17.5. The average molecular weight is 483 g/mol. The van der Waals surface area contributed by atoms with E-state index in [4.69, 9.17) is 14.2 Å². The highest BCUT2D eigenvalue weighted by molar-refractivity contribution is 5.83. The third-order valence-corrected chi connectivity index (χ3v) is 6.18. The molecule has 1 aliphatic rings. The van der Waals surface area contributed by atoms with Gasteiger partial charge < -0.3 is 19.5 Å². The molecule has 0 aromatic heterocycles. The molecule has 1 heterocycles. The van der Waals surface area contributed by atoms with Gasteiger partial charge in [-0.15, -0.1) is 0 Å². The Labute approximate surface area is 205 Å². The molecule has 1 aliphatic heterocycles. The molecular weight excluding hydrogens is 436 g/mol. The molecule has 0 aromatic rings. The lowest BCUT2D eigenvalue weighted by Gasteiger charge is -2.46. The van der Waals surface area contributed by atoms with Crippen molar-refractivity contribution in [2.45, 2.75) is 123 Å². The van der Waals surface area contributed by atoms with Gasteiger partial charge in [-0.1, -0.05) is 26.0 Å². The Morgan fingerprint density at radius 3 is 1.94 bits per heavy atom. The van der Waals surface area contributed by atoms with Crippen molar-refractivity contribution in [3.8, 4) is 0 Å². The number of hydrogen-bond donors (Lipinski definition) is 1. The monoisotopic (exact) mass is 482 g/mol. The Hall–Kier alpha value is -2.09. The highest BCUT2D eigenvalue weighted by atomic mass is 16.6. The predicted molar refractivity (Wildman–Crippen MR) is 132 cm³/mol. The fraction of sp³-hybridized carbons (Fsp3) is 0.808. The molecule has 1 fully saturated rings. The summed E-state index contributed by atoms with van der Waals surface area (Å²) in [4.78, 5) is 40.8. The van der Waals surface area contributed by atoms with E-state index in [9.17, 15) is 14.4 Å². The summed E-state index contributed by atoms with van der Waals surface area (Å²) in [6, 6.07) is -2.02. The first kappa shape index (κ1) is 29.9. The minimum absolute atomic E-state index is 0.223. The summed E-state index contributed by atoms with van der Waals surface area (Å²) in [5.74, 6) is -0.954. The van der Waals surface area contributed by atoms with Crippen LogP contribution in [0.5, 0.6) is 0 Å². The van der Waals surface area contributed by atoms with Crippen LogP contribution in [0, 0.1) is 5.92 Å². The number of amides is 2. The van der Waals surface area contributed by atoms with Gasteiger partial charge in [0.2, 0.25) is 5.91 Å². The van der Waals surface area contributed by atoms with Gasteiger partial charge in [-0.3, -0.25) is 9.69 Å². The lowest BCUT2D eigenvalue weighted by atomic mass is 9.79. The Bertz CT molecular complexity index is 737. The number of rotatable bonds is 8. The molecule has 1 saturated heterocycles. The maximum atomic E-state index is 13.6. The fourth-order valence-electron chi connectivity index (χ4n) is 4.77. The quantitative estimate of drug-likeness (QED) is 0.401. The smallest absolute Gasteiger partial charge is 0.411 e. The van der Waals surface area contributed by atoms with Crippen LogP contribution in [0.4, 0.5) is 4.79 Å². The van der Waals surface area contributed by atoms with Gasteiger partial charge in [0, 0.05) is 20.0 Å². The van der Waals surface area contributed by atoms with E-state index in [0.717, 1.165) is 0 Å². The molecule has 8 nitrogen and oxygen atoms in total. The molecule has 1 rings (SSSR count). The number of hydrogen-bond acceptors (Lipinski definition) is 6. The summed E-state index contributed by atoms with van der Waals surface area (Å²) in [7, 11) is 1.62. The zero-order valence-electron chi connectivity index (χ0n) is 23.0. The van der Waals surface area contributed by atoms with Gasteiger partial charge in [-0.05, 0) is 67.7 Å². The van der Waals surface area contributed by atoms with Gasteiger partial charge in [0.25, 0.3) is 0 Å². The summed E-state index contributed by atoms with van der Waals surface area (Å²) in [6.45, 7) is 18.1. The van der Waals surface area contributed by atoms with E-state index in [1.165, 1.54) is 11.8 Å². The van der Waals surface area contributed by atoms with Crippen LogP contribution in [0.3, 0.4) is 0 Å². The van der Waals surface area contributed by atoms with E-state index in [1.807, 2.05) is 32.9 Å². The minimum Gasteiger partial charge on any atom is -0.458 e. The molecule has 8 heteroatoms. The number of ether oxygens (including phenoxy) is 3.